The fourth-order valence-corrected chi connectivity index (χ4v) is 2.47. The van der Waals surface area contributed by atoms with E-state index in [1.54, 1.807) is 6.92 Å². The van der Waals surface area contributed by atoms with E-state index in [9.17, 15) is 13.2 Å². The lowest BCUT2D eigenvalue weighted by atomic mass is 10.1. The summed E-state index contributed by atoms with van der Waals surface area (Å²) in [6.07, 6.45) is -3.74. The van der Waals surface area contributed by atoms with Crippen molar-refractivity contribution in [2.24, 2.45) is 11.8 Å². The van der Waals surface area contributed by atoms with Gasteiger partial charge in [-0.25, -0.2) is 0 Å². The summed E-state index contributed by atoms with van der Waals surface area (Å²) in [5, 5.41) is 3.39. The Kier molecular flexibility index (Phi) is 5.92. The van der Waals surface area contributed by atoms with Crippen LogP contribution < -0.4 is 5.32 Å². The molecule has 1 N–H and O–H groups in total. The number of nitrogens with zero attached hydrogens (tertiary/aromatic N) is 1. The zero-order chi connectivity index (χ0) is 13.8. The molecule has 1 aliphatic heterocycles. The number of likely N-dealkylation sites (tertiary alicyclic amines) is 1. The summed E-state index contributed by atoms with van der Waals surface area (Å²) in [7, 11) is 0. The lowest BCUT2D eigenvalue weighted by molar-refractivity contribution is -0.145. The van der Waals surface area contributed by atoms with Crippen LogP contribution in [0.1, 0.15) is 33.6 Å². The molecule has 1 heterocycles. The Bertz CT molecular complexity index is 241. The first kappa shape index (κ1) is 15.8. The van der Waals surface area contributed by atoms with E-state index in [4.69, 9.17) is 0 Å². The molecule has 1 fully saturated rings. The van der Waals surface area contributed by atoms with E-state index in [0.717, 1.165) is 32.6 Å². The van der Waals surface area contributed by atoms with Gasteiger partial charge >= 0.3 is 6.18 Å². The minimum atomic E-state index is -4.05. The van der Waals surface area contributed by atoms with E-state index in [2.05, 4.69) is 19.2 Å². The van der Waals surface area contributed by atoms with Gasteiger partial charge in [0.05, 0.1) is 6.42 Å². The Balaban J connectivity index is 2.24. The summed E-state index contributed by atoms with van der Waals surface area (Å²) in [6, 6.07) is -0.389. The highest BCUT2D eigenvalue weighted by molar-refractivity contribution is 4.81. The number of hydrogen-bond donors (Lipinski definition) is 1. The van der Waals surface area contributed by atoms with Gasteiger partial charge in [0, 0.05) is 12.6 Å². The van der Waals surface area contributed by atoms with Crippen molar-refractivity contribution in [3.8, 4) is 0 Å². The molecule has 2 nitrogen and oxygen atoms in total. The second-order valence-corrected chi connectivity index (χ2v) is 5.87. The Morgan fingerprint density at radius 3 is 2.50 bits per heavy atom. The molecule has 18 heavy (non-hydrogen) atoms. The topological polar surface area (TPSA) is 15.3 Å². The number of hydrogen-bond acceptors (Lipinski definition) is 2. The summed E-state index contributed by atoms with van der Waals surface area (Å²) in [5.74, 6) is 1.12. The first-order valence-electron chi connectivity index (χ1n) is 6.79. The van der Waals surface area contributed by atoms with E-state index >= 15 is 0 Å². The molecule has 1 aliphatic rings. The normalized spacial score (nSPS) is 23.8. The smallest absolute Gasteiger partial charge is 0.316 e. The Hall–Kier alpha value is -0.290. The maximum atomic E-state index is 12.3. The standard InChI is InChI=1S/C13H25F3N2/c1-10(2)7-17-8-12-4-5-18(9-12)11(3)6-13(14,15)16/h10-12,17H,4-9H2,1-3H3. The molecular weight excluding hydrogens is 241 g/mol. The zero-order valence-corrected chi connectivity index (χ0v) is 11.6. The maximum absolute atomic E-state index is 12.3. The first-order chi connectivity index (χ1) is 8.28. The average molecular weight is 266 g/mol. The number of halogens is 3. The summed E-state index contributed by atoms with van der Waals surface area (Å²) in [6.45, 7) is 9.48. The summed E-state index contributed by atoms with van der Waals surface area (Å²) in [5.41, 5.74) is 0. The minimum absolute atomic E-state index is 0.389. The molecule has 0 saturated carbocycles. The minimum Gasteiger partial charge on any atom is -0.316 e. The van der Waals surface area contributed by atoms with Crippen LogP contribution in [0.2, 0.25) is 0 Å². The molecular formula is C13H25F3N2. The quantitative estimate of drug-likeness (QED) is 0.795. The summed E-state index contributed by atoms with van der Waals surface area (Å²) in [4.78, 5) is 1.97. The predicted octanol–water partition coefficient (Wildman–Crippen LogP) is 2.89. The van der Waals surface area contributed by atoms with Gasteiger partial charge in [0.15, 0.2) is 0 Å². The third-order valence-electron chi connectivity index (χ3n) is 3.45. The molecule has 0 aromatic carbocycles. The molecule has 0 spiro atoms. The van der Waals surface area contributed by atoms with Crippen molar-refractivity contribution in [2.45, 2.75) is 45.8 Å². The van der Waals surface area contributed by atoms with Crippen molar-refractivity contribution >= 4 is 0 Å². The molecule has 2 unspecified atom stereocenters. The van der Waals surface area contributed by atoms with Gasteiger partial charge in [-0.05, 0) is 44.8 Å². The van der Waals surface area contributed by atoms with E-state index in [1.807, 2.05) is 4.90 Å². The molecule has 0 bridgehead atoms. The molecule has 108 valence electrons. The highest BCUT2D eigenvalue weighted by atomic mass is 19.4. The van der Waals surface area contributed by atoms with Gasteiger partial charge in [0.25, 0.3) is 0 Å². The molecule has 1 saturated heterocycles. The van der Waals surface area contributed by atoms with Gasteiger partial charge in [-0.15, -0.1) is 0 Å². The van der Waals surface area contributed by atoms with Gasteiger partial charge in [0.1, 0.15) is 0 Å². The van der Waals surface area contributed by atoms with Crippen LogP contribution in [0.15, 0.2) is 0 Å². The van der Waals surface area contributed by atoms with Crippen LogP contribution in [0.3, 0.4) is 0 Å². The van der Waals surface area contributed by atoms with Crippen LogP contribution in [0.5, 0.6) is 0 Å². The Morgan fingerprint density at radius 2 is 1.94 bits per heavy atom. The summed E-state index contributed by atoms with van der Waals surface area (Å²) >= 11 is 0. The van der Waals surface area contributed by atoms with Crippen LogP contribution in [-0.2, 0) is 0 Å². The van der Waals surface area contributed by atoms with E-state index in [1.165, 1.54) is 0 Å². The lowest BCUT2D eigenvalue weighted by Gasteiger charge is -2.25. The van der Waals surface area contributed by atoms with Crippen LogP contribution in [0, 0.1) is 11.8 Å². The van der Waals surface area contributed by atoms with E-state index in [-0.39, 0.29) is 6.04 Å². The van der Waals surface area contributed by atoms with Crippen LogP contribution in [0.25, 0.3) is 0 Å². The zero-order valence-electron chi connectivity index (χ0n) is 11.6. The van der Waals surface area contributed by atoms with Crippen LogP contribution >= 0.6 is 0 Å². The van der Waals surface area contributed by atoms with Crippen molar-refractivity contribution in [1.29, 1.82) is 0 Å². The number of rotatable bonds is 6. The maximum Gasteiger partial charge on any atom is 0.390 e. The molecule has 2 atom stereocenters. The van der Waals surface area contributed by atoms with Gasteiger partial charge < -0.3 is 5.32 Å². The van der Waals surface area contributed by atoms with E-state index in [0.29, 0.717) is 11.8 Å². The number of alkyl halides is 3. The van der Waals surface area contributed by atoms with Crippen LogP contribution in [0.4, 0.5) is 13.2 Å². The lowest BCUT2D eigenvalue weighted by Crippen LogP contribution is -2.36. The fraction of sp³-hybridized carbons (Fsp3) is 1.00. The van der Waals surface area contributed by atoms with Gasteiger partial charge in [-0.2, -0.15) is 13.2 Å². The fourth-order valence-electron chi connectivity index (χ4n) is 2.47. The first-order valence-corrected chi connectivity index (χ1v) is 6.79. The second kappa shape index (κ2) is 6.75. The third kappa shape index (κ3) is 6.05. The molecule has 0 aromatic rings. The van der Waals surface area contributed by atoms with Crippen molar-refractivity contribution in [2.75, 3.05) is 26.2 Å². The van der Waals surface area contributed by atoms with Crippen LogP contribution in [-0.4, -0.2) is 43.3 Å². The van der Waals surface area contributed by atoms with Gasteiger partial charge in [-0.1, -0.05) is 13.8 Å². The van der Waals surface area contributed by atoms with Crippen molar-refractivity contribution in [3.63, 3.8) is 0 Å². The third-order valence-corrected chi connectivity index (χ3v) is 3.45. The predicted molar refractivity (Wildman–Crippen MR) is 67.5 cm³/mol. The molecule has 0 aliphatic carbocycles. The molecule has 1 rings (SSSR count). The SMILES string of the molecule is CC(C)CNCC1CCN(C(C)CC(F)(F)F)C1. The highest BCUT2D eigenvalue weighted by Crippen LogP contribution is 2.27. The largest absolute Gasteiger partial charge is 0.390 e. The molecule has 5 heteroatoms. The summed E-state index contributed by atoms with van der Waals surface area (Å²) < 4.78 is 36.9. The second-order valence-electron chi connectivity index (χ2n) is 5.87. The molecule has 0 aromatic heterocycles. The van der Waals surface area contributed by atoms with Crippen molar-refractivity contribution in [3.05, 3.63) is 0 Å². The van der Waals surface area contributed by atoms with Gasteiger partial charge in [-0.3, -0.25) is 4.90 Å². The Labute approximate surface area is 108 Å². The van der Waals surface area contributed by atoms with Gasteiger partial charge in [0.2, 0.25) is 0 Å². The molecule has 0 radical (unpaired) electrons. The van der Waals surface area contributed by atoms with Crippen molar-refractivity contribution < 1.29 is 13.2 Å². The molecule has 0 amide bonds. The number of nitrogens with one attached hydrogen (secondary N) is 1. The average Bonchev–Trinajstić information content (AvgIpc) is 2.63. The highest BCUT2D eigenvalue weighted by Gasteiger charge is 2.34. The van der Waals surface area contributed by atoms with E-state index < -0.39 is 12.6 Å². The monoisotopic (exact) mass is 266 g/mol. The van der Waals surface area contributed by atoms with Crippen molar-refractivity contribution in [1.82, 2.24) is 10.2 Å². The Morgan fingerprint density at radius 1 is 1.28 bits per heavy atom.